The zero-order chi connectivity index (χ0) is 76.3. The molecule has 0 radical (unpaired) electrons. The Balaban J connectivity index is 0.000000143. The van der Waals surface area contributed by atoms with Gasteiger partial charge in [0.25, 0.3) is 47.3 Å². The summed E-state index contributed by atoms with van der Waals surface area (Å²) < 4.78 is 4.33. The molecule has 4 aliphatic heterocycles. The highest BCUT2D eigenvalue weighted by molar-refractivity contribution is 6.44. The number of fused-ring (bicyclic) bond motifs is 8. The molecule has 0 unspecified atom stereocenters. The predicted molar refractivity (Wildman–Crippen MR) is 440 cm³/mol. The van der Waals surface area contributed by atoms with Gasteiger partial charge in [-0.05, 0) is 168 Å². The summed E-state index contributed by atoms with van der Waals surface area (Å²) in [6.45, 7) is 0. The molecule has 0 saturated carbocycles. The van der Waals surface area contributed by atoms with Crippen molar-refractivity contribution in [2.24, 2.45) is 0 Å². The molecule has 0 fully saturated rings. The molecule has 0 saturated heterocycles. The van der Waals surface area contributed by atoms with E-state index in [1.165, 1.54) is 58.3 Å². The first-order valence-electron chi connectivity index (χ1n) is 36.6. The van der Waals surface area contributed by atoms with E-state index in [4.69, 9.17) is 0 Å². The van der Waals surface area contributed by atoms with E-state index in [9.17, 15) is 48.6 Å². The molecule has 17 heteroatoms. The Morgan fingerprint density at radius 3 is 0.982 bits per heavy atom. The molecule has 8 amide bonds. The number of amides is 8. The third-order valence-electron chi connectivity index (χ3n) is 22.2. The van der Waals surface area contributed by atoms with Gasteiger partial charge in [0.1, 0.15) is 11.5 Å². The zero-order valence-electron chi connectivity index (χ0n) is 59.4. The number of benzene rings is 16. The van der Waals surface area contributed by atoms with E-state index in [2.05, 4.69) is 99.0 Å². The zero-order valence-corrected chi connectivity index (χ0v) is 59.4. The van der Waals surface area contributed by atoms with Crippen LogP contribution in [0.25, 0.3) is 98.1 Å². The highest BCUT2D eigenvalue weighted by atomic mass is 16.3. The summed E-state index contributed by atoms with van der Waals surface area (Å²) in [5.74, 6) is -4.80. The smallest absolute Gasteiger partial charge is 0.266 e. The van der Waals surface area contributed by atoms with Gasteiger partial charge in [0.15, 0.2) is 0 Å². The third kappa shape index (κ3) is 9.65. The Morgan fingerprint density at radius 1 is 0.230 bits per heavy atom. The van der Waals surface area contributed by atoms with Crippen molar-refractivity contribution in [3.8, 4) is 22.9 Å². The quantitative estimate of drug-likeness (QED) is 0.103. The molecule has 2 aromatic heterocycles. The average molecular weight is 1470 g/mol. The molecule has 0 spiro atoms. The molecule has 0 atom stereocenters. The summed E-state index contributed by atoms with van der Waals surface area (Å²) in [6, 6.07) is 98.4. The predicted octanol–water partition coefficient (Wildman–Crippen LogP) is 20.3. The summed E-state index contributed by atoms with van der Waals surface area (Å²) >= 11 is 0. The molecule has 17 nitrogen and oxygen atoms in total. The van der Waals surface area contributed by atoms with E-state index < -0.39 is 47.3 Å². The van der Waals surface area contributed by atoms with Crippen LogP contribution in [-0.2, 0) is 0 Å². The lowest BCUT2D eigenvalue weighted by Crippen LogP contribution is -2.43. The van der Waals surface area contributed by atoms with Crippen LogP contribution in [0.3, 0.4) is 0 Å². The van der Waals surface area contributed by atoms with Gasteiger partial charge in [0.05, 0.1) is 67.6 Å². The Morgan fingerprint density at radius 2 is 0.566 bits per heavy atom. The molecule has 2 N–H and O–H groups in total. The molecule has 113 heavy (non-hydrogen) atoms. The standard InChI is InChI=1S/C50H28N4O5.C46H27N3O5/c55-32-19-17-28(18-20-32)53-47(56)37-21-23-39-46-40(24-22-38(45(37)46)48(53)57)50(59)54(49(39)58)31-26-29(51-41-13-5-1-9-33(41)34-10-2-6-14-42(34)51)25-30(27-31)52-43-15-7-3-11-35(43)36-12-4-8-16-44(36)52;50-31-16-10-15-30(26-31)48-43(51)34-21-23-36-41-37(24-22-35(40(34)41)44(48)52)46(54)49(45(36)53)39-20-9-8-19-38(39)47(29-13-2-1-3-14-29)42-32-17-6-4-11-27(32)25-28-12-5-7-18-33(28)42/h1-27,55H;1-26,50H. The van der Waals surface area contributed by atoms with Gasteiger partial charge in [-0.1, -0.05) is 158 Å². The Hall–Kier alpha value is -15.9. The number of anilines is 7. The monoisotopic (exact) mass is 1470 g/mol. The van der Waals surface area contributed by atoms with Crippen molar-refractivity contribution in [1.82, 2.24) is 9.13 Å². The maximum atomic E-state index is 15.0. The van der Waals surface area contributed by atoms with Gasteiger partial charge in [-0.15, -0.1) is 0 Å². The average Bonchev–Trinajstić information content (AvgIpc) is 1.44. The van der Waals surface area contributed by atoms with Crippen LogP contribution in [0, 0.1) is 0 Å². The molecule has 6 heterocycles. The van der Waals surface area contributed by atoms with Crippen LogP contribution in [0.4, 0.5) is 39.8 Å². The van der Waals surface area contributed by atoms with Crippen molar-refractivity contribution in [3.05, 3.63) is 366 Å². The Bertz CT molecular complexity index is 6950. The molecule has 0 bridgehead atoms. The summed E-state index contributed by atoms with van der Waals surface area (Å²) in [4.78, 5) is 122. The van der Waals surface area contributed by atoms with E-state index in [1.54, 1.807) is 60.7 Å². The van der Waals surface area contributed by atoms with Crippen molar-refractivity contribution in [3.63, 3.8) is 0 Å². The fourth-order valence-corrected chi connectivity index (χ4v) is 17.3. The van der Waals surface area contributed by atoms with Crippen LogP contribution in [0.5, 0.6) is 11.5 Å². The number of aromatic hydroxyl groups is 2. The molecular formula is C96H55N7O10. The number of carbonyl (C=O) groups excluding carboxylic acids is 8. The van der Waals surface area contributed by atoms with Crippen LogP contribution < -0.4 is 24.5 Å². The van der Waals surface area contributed by atoms with Gasteiger partial charge in [0, 0.05) is 110 Å². The topological polar surface area (TPSA) is 203 Å². The van der Waals surface area contributed by atoms with Crippen molar-refractivity contribution in [2.75, 3.05) is 24.5 Å². The van der Waals surface area contributed by atoms with Crippen molar-refractivity contribution in [1.29, 1.82) is 0 Å². The number of hydrogen-bond acceptors (Lipinski definition) is 11. The number of phenols is 2. The third-order valence-corrected chi connectivity index (χ3v) is 22.2. The summed E-state index contributed by atoms with van der Waals surface area (Å²) in [5, 5.41) is 29.4. The number of phenolic OH excluding ortho intramolecular Hbond substituents is 2. The summed E-state index contributed by atoms with van der Waals surface area (Å²) in [7, 11) is 0. The summed E-state index contributed by atoms with van der Waals surface area (Å²) in [5.41, 5.74) is 10.5. The first-order chi connectivity index (χ1) is 55.3. The number of aromatic nitrogens is 2. The second kappa shape index (κ2) is 24.8. The van der Waals surface area contributed by atoms with E-state index in [0.717, 1.165) is 97.7 Å². The fraction of sp³-hybridized carbons (Fsp3) is 0. The number of carbonyl (C=O) groups is 8. The van der Waals surface area contributed by atoms with Gasteiger partial charge in [-0.2, -0.15) is 0 Å². The number of rotatable bonds is 9. The van der Waals surface area contributed by atoms with Crippen LogP contribution in [0.15, 0.2) is 322 Å². The van der Waals surface area contributed by atoms with Gasteiger partial charge >= 0.3 is 0 Å². The second-order valence-electron chi connectivity index (χ2n) is 28.2. The van der Waals surface area contributed by atoms with Gasteiger partial charge in [-0.25, -0.2) is 19.6 Å². The minimum Gasteiger partial charge on any atom is -0.508 e. The van der Waals surface area contributed by atoms with Gasteiger partial charge < -0.3 is 24.2 Å². The van der Waals surface area contributed by atoms with Crippen LogP contribution in [0.2, 0.25) is 0 Å². The molecule has 18 aromatic rings. The highest BCUT2D eigenvalue weighted by Gasteiger charge is 2.44. The largest absolute Gasteiger partial charge is 0.508 e. The van der Waals surface area contributed by atoms with Gasteiger partial charge in [0.2, 0.25) is 0 Å². The molecular weight excluding hydrogens is 1410 g/mol. The lowest BCUT2D eigenvalue weighted by Gasteiger charge is -2.35. The van der Waals surface area contributed by atoms with Crippen molar-refractivity contribution >= 4 is 174 Å². The van der Waals surface area contributed by atoms with E-state index >= 15 is 0 Å². The van der Waals surface area contributed by atoms with Crippen LogP contribution in [0.1, 0.15) is 82.9 Å². The van der Waals surface area contributed by atoms with Crippen LogP contribution in [-0.4, -0.2) is 66.6 Å². The lowest BCUT2D eigenvalue weighted by atomic mass is 9.85. The fourth-order valence-electron chi connectivity index (χ4n) is 17.3. The van der Waals surface area contributed by atoms with Crippen LogP contribution >= 0.6 is 0 Å². The maximum Gasteiger partial charge on any atom is 0.266 e. The number of hydrogen-bond donors (Lipinski definition) is 2. The Kier molecular flexibility index (Phi) is 14.4. The first kappa shape index (κ1) is 65.4. The van der Waals surface area contributed by atoms with E-state index in [0.29, 0.717) is 17.1 Å². The second-order valence-corrected chi connectivity index (χ2v) is 28.2. The normalized spacial score (nSPS) is 13.8. The molecule has 16 aromatic carbocycles. The molecule has 4 aliphatic rings. The highest BCUT2D eigenvalue weighted by Crippen LogP contribution is 2.50. The molecule has 0 aliphatic carbocycles. The van der Waals surface area contributed by atoms with E-state index in [-0.39, 0.29) is 88.9 Å². The van der Waals surface area contributed by atoms with Crippen molar-refractivity contribution < 1.29 is 48.6 Å². The number of imide groups is 4. The first-order valence-corrected chi connectivity index (χ1v) is 36.6. The Labute approximate surface area is 641 Å². The number of para-hydroxylation sites is 7. The molecule has 22 rings (SSSR count). The van der Waals surface area contributed by atoms with Crippen molar-refractivity contribution in [2.45, 2.75) is 0 Å². The minimum atomic E-state index is -0.615. The molecule has 534 valence electrons. The minimum absolute atomic E-state index is 0.00561. The maximum absolute atomic E-state index is 15.0. The number of nitrogens with zero attached hydrogens (tertiary/aromatic N) is 7. The summed E-state index contributed by atoms with van der Waals surface area (Å²) in [6.07, 6.45) is 0. The SMILES string of the molecule is O=C1c2ccc3c4c(ccc(c24)C(=O)N1c1ccc(O)cc1)C(=O)N(c1cc(-n2c4ccccc4c4ccccc42)cc(-n2c4ccccc4c4ccccc42)c1)C3=O.O=C1c2ccc3c4c(ccc(c24)C(=O)N1c1cccc(O)c1)C(=O)N(c1ccccc1N(c1ccccc1)c1c2ccccc2cc2ccccc12)C3=O. The van der Waals surface area contributed by atoms with Gasteiger partial charge in [-0.3, -0.25) is 38.4 Å². The lowest BCUT2D eigenvalue weighted by molar-refractivity contribution is 0.0873. The van der Waals surface area contributed by atoms with E-state index in [1.807, 2.05) is 127 Å².